The molecule has 7 heteroatoms. The second kappa shape index (κ2) is 8.15. The fraction of sp³-hybridized carbons (Fsp3) is 0.200. The molecular weight excluding hydrogens is 419 g/mol. The van der Waals surface area contributed by atoms with Crippen LogP contribution in [0.1, 0.15) is 35.3 Å². The summed E-state index contributed by atoms with van der Waals surface area (Å²) < 4.78 is 47.5. The van der Waals surface area contributed by atoms with Gasteiger partial charge in [0.15, 0.2) is 11.6 Å². The van der Waals surface area contributed by atoms with Gasteiger partial charge in [-0.1, -0.05) is 18.2 Å². The molecule has 164 valence electrons. The lowest BCUT2D eigenvalue weighted by Gasteiger charge is -2.34. The minimum Gasteiger partial charge on any atom is -0.494 e. The van der Waals surface area contributed by atoms with Crippen LogP contribution in [0.5, 0.6) is 5.75 Å². The molecule has 0 aliphatic carbocycles. The molecule has 0 aromatic heterocycles. The van der Waals surface area contributed by atoms with Crippen molar-refractivity contribution in [2.75, 3.05) is 6.61 Å². The summed E-state index contributed by atoms with van der Waals surface area (Å²) >= 11 is 0. The Hall–Kier alpha value is -3.61. The van der Waals surface area contributed by atoms with Crippen molar-refractivity contribution in [3.8, 4) is 16.9 Å². The van der Waals surface area contributed by atoms with Crippen molar-refractivity contribution in [2.24, 2.45) is 0 Å². The highest BCUT2D eigenvalue weighted by molar-refractivity contribution is 6.13. The fourth-order valence-electron chi connectivity index (χ4n) is 4.04. The van der Waals surface area contributed by atoms with Crippen molar-refractivity contribution in [1.29, 1.82) is 0 Å². The summed E-state index contributed by atoms with van der Waals surface area (Å²) in [6.07, 6.45) is -0.331. The van der Waals surface area contributed by atoms with E-state index in [-0.39, 0.29) is 17.5 Å². The lowest BCUT2D eigenvalue weighted by Crippen LogP contribution is -2.51. The van der Waals surface area contributed by atoms with Crippen LogP contribution in [0.15, 0.2) is 54.6 Å². The summed E-state index contributed by atoms with van der Waals surface area (Å²) in [5.41, 5.74) is 0.387. The molecule has 1 aliphatic rings. The Morgan fingerprint density at radius 3 is 2.47 bits per heavy atom. The number of hydrogen-bond donors (Lipinski definition) is 1. The Balaban J connectivity index is 1.84. The highest BCUT2D eigenvalue weighted by Gasteiger charge is 2.44. The van der Waals surface area contributed by atoms with Crippen LogP contribution in [-0.2, 0) is 16.6 Å². The Labute approximate surface area is 183 Å². The first-order valence-electron chi connectivity index (χ1n) is 10.1. The van der Waals surface area contributed by atoms with Gasteiger partial charge >= 0.3 is 0 Å². The molecule has 1 unspecified atom stereocenters. The first-order chi connectivity index (χ1) is 15.2. The molecule has 3 aromatic rings. The number of rotatable bonds is 5. The van der Waals surface area contributed by atoms with Crippen LogP contribution in [-0.4, -0.2) is 18.4 Å². The molecule has 1 aliphatic heterocycles. The van der Waals surface area contributed by atoms with Crippen molar-refractivity contribution in [2.45, 2.75) is 25.7 Å². The van der Waals surface area contributed by atoms with Crippen molar-refractivity contribution in [1.82, 2.24) is 5.32 Å². The van der Waals surface area contributed by atoms with Gasteiger partial charge in [0.05, 0.1) is 12.0 Å². The number of halogens is 3. The van der Waals surface area contributed by atoms with Gasteiger partial charge in [0.1, 0.15) is 11.6 Å². The molecule has 0 saturated heterocycles. The molecular formula is C25H20F3NO3. The van der Waals surface area contributed by atoms with Gasteiger partial charge in [0, 0.05) is 11.6 Å². The maximum Gasteiger partial charge on any atom is 0.258 e. The van der Waals surface area contributed by atoms with E-state index in [2.05, 4.69) is 5.32 Å². The van der Waals surface area contributed by atoms with E-state index in [4.69, 9.17) is 4.74 Å². The van der Waals surface area contributed by atoms with Crippen LogP contribution < -0.4 is 10.1 Å². The average molecular weight is 439 g/mol. The van der Waals surface area contributed by atoms with Gasteiger partial charge in [-0.15, -0.1) is 0 Å². The number of fused-ring (bicyclic) bond motifs is 1. The largest absolute Gasteiger partial charge is 0.494 e. The van der Waals surface area contributed by atoms with Gasteiger partial charge in [0.25, 0.3) is 5.91 Å². The van der Waals surface area contributed by atoms with E-state index in [0.29, 0.717) is 29.5 Å². The first-order valence-corrected chi connectivity index (χ1v) is 10.1. The average Bonchev–Trinajstić information content (AvgIpc) is 2.76. The molecule has 1 heterocycles. The maximum absolute atomic E-state index is 14.4. The predicted octanol–water partition coefficient (Wildman–Crippen LogP) is 4.94. The third-order valence-electron chi connectivity index (χ3n) is 5.68. The number of imide groups is 1. The molecule has 4 rings (SSSR count). The van der Waals surface area contributed by atoms with E-state index < -0.39 is 34.7 Å². The normalized spacial score (nSPS) is 17.7. The zero-order valence-corrected chi connectivity index (χ0v) is 17.5. The van der Waals surface area contributed by atoms with E-state index in [1.165, 1.54) is 6.92 Å². The van der Waals surface area contributed by atoms with Crippen LogP contribution in [0.3, 0.4) is 0 Å². The third kappa shape index (κ3) is 3.75. The summed E-state index contributed by atoms with van der Waals surface area (Å²) in [6.45, 7) is 3.89. The SMILES string of the molecule is CCOc1cccc(-c2ccc3c(c2)C(C)(Cc2cc(F)cc(F)c2F)C(=O)NC3=O)c1. The number of carbonyl (C=O) groups is 2. The molecule has 1 N–H and O–H groups in total. The highest BCUT2D eigenvalue weighted by Crippen LogP contribution is 2.38. The molecule has 4 nitrogen and oxygen atoms in total. The summed E-state index contributed by atoms with van der Waals surface area (Å²) in [5.74, 6) is -4.09. The Morgan fingerprint density at radius 2 is 1.72 bits per heavy atom. The Bertz CT molecular complexity index is 1240. The molecule has 1 atom stereocenters. The van der Waals surface area contributed by atoms with Crippen LogP contribution in [0.4, 0.5) is 13.2 Å². The zero-order chi connectivity index (χ0) is 23.0. The van der Waals surface area contributed by atoms with Crippen molar-refractivity contribution < 1.29 is 27.5 Å². The lowest BCUT2D eigenvalue weighted by molar-refractivity contribution is -0.125. The van der Waals surface area contributed by atoms with Crippen LogP contribution in [0, 0.1) is 17.5 Å². The minimum atomic E-state index is -1.43. The molecule has 0 fully saturated rings. The number of amides is 2. The van der Waals surface area contributed by atoms with E-state index >= 15 is 0 Å². The zero-order valence-electron chi connectivity index (χ0n) is 17.5. The molecule has 0 spiro atoms. The number of hydrogen-bond acceptors (Lipinski definition) is 3. The standard InChI is InChI=1S/C25H20F3NO3/c1-3-32-18-6-4-5-14(10-18)15-7-8-19-20(11-15)25(2,24(31)29-23(19)30)13-16-9-17(26)12-21(27)22(16)28/h4-12H,3,13H2,1-2H3,(H,29,30,31). The smallest absolute Gasteiger partial charge is 0.258 e. The number of carbonyl (C=O) groups excluding carboxylic acids is 2. The van der Waals surface area contributed by atoms with Gasteiger partial charge in [0.2, 0.25) is 5.91 Å². The number of nitrogens with one attached hydrogen (secondary N) is 1. The Kier molecular flexibility index (Phi) is 5.50. The topological polar surface area (TPSA) is 55.4 Å². The summed E-state index contributed by atoms with van der Waals surface area (Å²) in [4.78, 5) is 25.4. The second-order valence-electron chi connectivity index (χ2n) is 7.87. The maximum atomic E-state index is 14.4. The molecule has 0 bridgehead atoms. The second-order valence-corrected chi connectivity index (χ2v) is 7.87. The van der Waals surface area contributed by atoms with Crippen LogP contribution in [0.2, 0.25) is 0 Å². The van der Waals surface area contributed by atoms with Gasteiger partial charge in [-0.05, 0) is 72.9 Å². The van der Waals surface area contributed by atoms with Gasteiger partial charge in [-0.2, -0.15) is 0 Å². The minimum absolute atomic E-state index is 0.245. The van der Waals surface area contributed by atoms with Crippen LogP contribution in [0.25, 0.3) is 11.1 Å². The molecule has 3 aromatic carbocycles. The number of ether oxygens (including phenoxy) is 1. The molecule has 0 saturated carbocycles. The van der Waals surface area contributed by atoms with Gasteiger partial charge in [-0.25, -0.2) is 13.2 Å². The predicted molar refractivity (Wildman–Crippen MR) is 113 cm³/mol. The first kappa shape index (κ1) is 21.6. The Morgan fingerprint density at radius 1 is 0.969 bits per heavy atom. The van der Waals surface area contributed by atoms with E-state index in [9.17, 15) is 22.8 Å². The van der Waals surface area contributed by atoms with E-state index in [1.54, 1.807) is 18.2 Å². The van der Waals surface area contributed by atoms with Gasteiger partial charge < -0.3 is 4.74 Å². The van der Waals surface area contributed by atoms with E-state index in [0.717, 1.165) is 11.6 Å². The van der Waals surface area contributed by atoms with Crippen molar-refractivity contribution in [3.05, 3.63) is 88.7 Å². The molecule has 2 amide bonds. The summed E-state index contributed by atoms with van der Waals surface area (Å²) in [5, 5.41) is 2.27. The fourth-order valence-corrected chi connectivity index (χ4v) is 4.04. The van der Waals surface area contributed by atoms with Crippen LogP contribution >= 0.6 is 0 Å². The number of benzene rings is 3. The third-order valence-corrected chi connectivity index (χ3v) is 5.68. The molecule has 32 heavy (non-hydrogen) atoms. The lowest BCUT2D eigenvalue weighted by atomic mass is 9.71. The summed E-state index contributed by atoms with van der Waals surface area (Å²) in [6, 6.07) is 13.6. The van der Waals surface area contributed by atoms with Crippen molar-refractivity contribution >= 4 is 11.8 Å². The van der Waals surface area contributed by atoms with Gasteiger partial charge in [-0.3, -0.25) is 14.9 Å². The highest BCUT2D eigenvalue weighted by atomic mass is 19.2. The quantitative estimate of drug-likeness (QED) is 0.453. The van der Waals surface area contributed by atoms with E-state index in [1.807, 2.05) is 31.2 Å². The molecule has 0 radical (unpaired) electrons. The van der Waals surface area contributed by atoms with Crippen molar-refractivity contribution in [3.63, 3.8) is 0 Å². The monoisotopic (exact) mass is 439 g/mol. The summed E-state index contributed by atoms with van der Waals surface area (Å²) in [7, 11) is 0.